The molecule has 1 amide bonds. The Balaban J connectivity index is 1.85. The SMILES string of the molecule is CCOC(=O)CCC(=O)Nc1ccc(-n2ccnc2)nc1. The standard InChI is InChI=1S/C14H16N4O3/c1-2-21-14(20)6-5-13(19)17-11-3-4-12(16-9-11)18-8-7-15-10-18/h3-4,7-10H,2,5-6H2,1H3,(H,17,19). The number of ether oxygens (including phenoxy) is 1. The van der Waals surface area contributed by atoms with Gasteiger partial charge in [0.15, 0.2) is 0 Å². The Hall–Kier alpha value is -2.70. The number of pyridine rings is 1. The molecular weight excluding hydrogens is 272 g/mol. The van der Waals surface area contributed by atoms with E-state index in [0.29, 0.717) is 18.1 Å². The molecule has 0 unspecified atom stereocenters. The molecule has 0 saturated heterocycles. The van der Waals surface area contributed by atoms with Crippen molar-refractivity contribution in [2.75, 3.05) is 11.9 Å². The van der Waals surface area contributed by atoms with E-state index in [1.807, 2.05) is 0 Å². The maximum absolute atomic E-state index is 11.7. The molecule has 110 valence electrons. The van der Waals surface area contributed by atoms with Gasteiger partial charge in [-0.05, 0) is 19.1 Å². The Bertz CT molecular complexity index is 593. The zero-order valence-electron chi connectivity index (χ0n) is 11.7. The molecule has 0 aliphatic rings. The summed E-state index contributed by atoms with van der Waals surface area (Å²) < 4.78 is 6.52. The summed E-state index contributed by atoms with van der Waals surface area (Å²) in [5, 5.41) is 2.68. The molecule has 1 N–H and O–H groups in total. The summed E-state index contributed by atoms with van der Waals surface area (Å²) in [7, 11) is 0. The molecule has 0 aliphatic heterocycles. The Labute approximate surface area is 122 Å². The van der Waals surface area contributed by atoms with Crippen LogP contribution in [0.2, 0.25) is 0 Å². The number of anilines is 1. The highest BCUT2D eigenvalue weighted by molar-refractivity contribution is 5.92. The average molecular weight is 288 g/mol. The number of nitrogens with one attached hydrogen (secondary N) is 1. The van der Waals surface area contributed by atoms with E-state index in [0.717, 1.165) is 0 Å². The summed E-state index contributed by atoms with van der Waals surface area (Å²) >= 11 is 0. The number of imidazole rings is 1. The highest BCUT2D eigenvalue weighted by Crippen LogP contribution is 2.10. The fourth-order valence-corrected chi connectivity index (χ4v) is 1.68. The van der Waals surface area contributed by atoms with Crippen molar-refractivity contribution in [2.45, 2.75) is 19.8 Å². The molecule has 0 spiro atoms. The second kappa shape index (κ2) is 7.18. The van der Waals surface area contributed by atoms with Crippen LogP contribution in [0.3, 0.4) is 0 Å². The zero-order valence-corrected chi connectivity index (χ0v) is 11.7. The number of aromatic nitrogens is 3. The first-order chi connectivity index (χ1) is 10.2. The summed E-state index contributed by atoms with van der Waals surface area (Å²) in [6.07, 6.45) is 6.78. The van der Waals surface area contributed by atoms with E-state index < -0.39 is 0 Å². The number of amides is 1. The lowest BCUT2D eigenvalue weighted by molar-refractivity contribution is -0.144. The molecular formula is C14H16N4O3. The maximum Gasteiger partial charge on any atom is 0.306 e. The minimum absolute atomic E-state index is 0.0697. The summed E-state index contributed by atoms with van der Waals surface area (Å²) in [6.45, 7) is 2.05. The summed E-state index contributed by atoms with van der Waals surface area (Å²) in [4.78, 5) is 31.0. The molecule has 7 heteroatoms. The van der Waals surface area contributed by atoms with Gasteiger partial charge < -0.3 is 10.1 Å². The normalized spacial score (nSPS) is 10.1. The molecule has 0 saturated carbocycles. The van der Waals surface area contributed by atoms with Crippen molar-refractivity contribution in [1.82, 2.24) is 14.5 Å². The molecule has 0 bridgehead atoms. The van der Waals surface area contributed by atoms with Crippen LogP contribution in [0.15, 0.2) is 37.1 Å². The largest absolute Gasteiger partial charge is 0.466 e. The first kappa shape index (κ1) is 14.7. The Morgan fingerprint density at radius 1 is 1.33 bits per heavy atom. The van der Waals surface area contributed by atoms with Gasteiger partial charge in [-0.2, -0.15) is 0 Å². The molecule has 0 atom stereocenters. The highest BCUT2D eigenvalue weighted by atomic mass is 16.5. The first-order valence-corrected chi connectivity index (χ1v) is 6.59. The molecule has 2 aromatic heterocycles. The van der Waals surface area contributed by atoms with E-state index in [1.165, 1.54) is 0 Å². The van der Waals surface area contributed by atoms with Gasteiger partial charge in [0.2, 0.25) is 5.91 Å². The van der Waals surface area contributed by atoms with Gasteiger partial charge in [-0.15, -0.1) is 0 Å². The van der Waals surface area contributed by atoms with Crippen molar-refractivity contribution in [3.05, 3.63) is 37.1 Å². The second-order valence-corrected chi connectivity index (χ2v) is 4.23. The van der Waals surface area contributed by atoms with Gasteiger partial charge in [0.25, 0.3) is 0 Å². The van der Waals surface area contributed by atoms with Crippen LogP contribution in [0, 0.1) is 0 Å². The van der Waals surface area contributed by atoms with Crippen molar-refractivity contribution in [3.63, 3.8) is 0 Å². The van der Waals surface area contributed by atoms with E-state index >= 15 is 0 Å². The van der Waals surface area contributed by atoms with Crippen molar-refractivity contribution < 1.29 is 14.3 Å². The number of esters is 1. The maximum atomic E-state index is 11.7. The molecule has 0 fully saturated rings. The third-order valence-corrected chi connectivity index (χ3v) is 2.66. The topological polar surface area (TPSA) is 86.1 Å². The average Bonchev–Trinajstić information content (AvgIpc) is 3.00. The number of rotatable bonds is 6. The quantitative estimate of drug-likeness (QED) is 0.815. The van der Waals surface area contributed by atoms with Crippen LogP contribution in [0.25, 0.3) is 5.82 Å². The number of hydrogen-bond acceptors (Lipinski definition) is 5. The lowest BCUT2D eigenvalue weighted by atomic mass is 10.3. The van der Waals surface area contributed by atoms with Gasteiger partial charge in [-0.25, -0.2) is 9.97 Å². The fourth-order valence-electron chi connectivity index (χ4n) is 1.68. The number of hydrogen-bond donors (Lipinski definition) is 1. The first-order valence-electron chi connectivity index (χ1n) is 6.59. The third-order valence-electron chi connectivity index (χ3n) is 2.66. The van der Waals surface area contributed by atoms with E-state index in [1.54, 1.807) is 48.5 Å². The van der Waals surface area contributed by atoms with Crippen LogP contribution in [0.4, 0.5) is 5.69 Å². The molecule has 0 aliphatic carbocycles. The van der Waals surface area contributed by atoms with Crippen LogP contribution in [-0.4, -0.2) is 33.0 Å². The Morgan fingerprint density at radius 3 is 2.81 bits per heavy atom. The van der Waals surface area contributed by atoms with Gasteiger partial charge >= 0.3 is 5.97 Å². The molecule has 0 aromatic carbocycles. The summed E-state index contributed by atoms with van der Waals surface area (Å²) in [5.74, 6) is 0.0819. The van der Waals surface area contributed by atoms with Crippen LogP contribution >= 0.6 is 0 Å². The van der Waals surface area contributed by atoms with Crippen LogP contribution in [-0.2, 0) is 14.3 Å². The zero-order chi connectivity index (χ0) is 15.1. The summed E-state index contributed by atoms with van der Waals surface area (Å²) in [5.41, 5.74) is 0.577. The van der Waals surface area contributed by atoms with E-state index in [-0.39, 0.29) is 24.7 Å². The highest BCUT2D eigenvalue weighted by Gasteiger charge is 2.08. The van der Waals surface area contributed by atoms with E-state index in [2.05, 4.69) is 15.3 Å². The Morgan fingerprint density at radius 2 is 2.19 bits per heavy atom. The van der Waals surface area contributed by atoms with Gasteiger partial charge in [-0.1, -0.05) is 0 Å². The van der Waals surface area contributed by atoms with Crippen LogP contribution in [0.5, 0.6) is 0 Å². The predicted octanol–water partition coefficient (Wildman–Crippen LogP) is 1.55. The van der Waals surface area contributed by atoms with Crippen molar-refractivity contribution in [3.8, 4) is 5.82 Å². The fraction of sp³-hybridized carbons (Fsp3) is 0.286. The minimum atomic E-state index is -0.374. The van der Waals surface area contributed by atoms with Crippen LogP contribution in [0.1, 0.15) is 19.8 Å². The smallest absolute Gasteiger partial charge is 0.306 e. The third kappa shape index (κ3) is 4.41. The minimum Gasteiger partial charge on any atom is -0.466 e. The molecule has 2 aromatic rings. The van der Waals surface area contributed by atoms with Crippen molar-refractivity contribution in [2.24, 2.45) is 0 Å². The molecule has 2 rings (SSSR count). The second-order valence-electron chi connectivity index (χ2n) is 4.23. The monoisotopic (exact) mass is 288 g/mol. The number of carbonyl (C=O) groups excluding carboxylic acids is 2. The van der Waals surface area contributed by atoms with Gasteiger partial charge in [0.1, 0.15) is 12.1 Å². The lowest BCUT2D eigenvalue weighted by Crippen LogP contribution is -2.14. The lowest BCUT2D eigenvalue weighted by Gasteiger charge is -2.06. The number of carbonyl (C=O) groups is 2. The molecule has 7 nitrogen and oxygen atoms in total. The van der Waals surface area contributed by atoms with Gasteiger partial charge in [0, 0.05) is 18.8 Å². The number of nitrogens with zero attached hydrogens (tertiary/aromatic N) is 3. The van der Waals surface area contributed by atoms with Gasteiger partial charge in [0.05, 0.1) is 24.9 Å². The van der Waals surface area contributed by atoms with Crippen molar-refractivity contribution >= 4 is 17.6 Å². The van der Waals surface area contributed by atoms with Gasteiger partial charge in [-0.3, -0.25) is 14.2 Å². The van der Waals surface area contributed by atoms with Crippen molar-refractivity contribution in [1.29, 1.82) is 0 Å². The van der Waals surface area contributed by atoms with Crippen LogP contribution < -0.4 is 5.32 Å². The molecule has 2 heterocycles. The predicted molar refractivity (Wildman–Crippen MR) is 75.9 cm³/mol. The Kier molecular flexibility index (Phi) is 5.03. The van der Waals surface area contributed by atoms with E-state index in [4.69, 9.17) is 4.74 Å². The van der Waals surface area contributed by atoms with E-state index in [9.17, 15) is 9.59 Å². The molecule has 21 heavy (non-hydrogen) atoms. The summed E-state index contributed by atoms with van der Waals surface area (Å²) in [6, 6.07) is 3.51. The molecule has 0 radical (unpaired) electrons.